The lowest BCUT2D eigenvalue weighted by Gasteiger charge is -2.48. The topological polar surface area (TPSA) is 79.6 Å². The maximum Gasteiger partial charge on any atom is 0.191 e. The second kappa shape index (κ2) is 9.50. The first-order chi connectivity index (χ1) is 13.1. The van der Waals surface area contributed by atoms with Gasteiger partial charge in [0.1, 0.15) is 12.4 Å². The summed E-state index contributed by atoms with van der Waals surface area (Å²) >= 11 is 0. The predicted molar refractivity (Wildman–Crippen MR) is 107 cm³/mol. The van der Waals surface area contributed by atoms with Crippen LogP contribution in [0.25, 0.3) is 0 Å². The molecule has 27 heavy (non-hydrogen) atoms. The normalized spacial score (nSPS) is 21.2. The molecule has 1 aliphatic carbocycles. The van der Waals surface area contributed by atoms with Crippen LogP contribution in [0.15, 0.2) is 4.99 Å². The van der Waals surface area contributed by atoms with Crippen LogP contribution in [0.1, 0.15) is 50.7 Å². The monoisotopic (exact) mass is 377 g/mol. The summed E-state index contributed by atoms with van der Waals surface area (Å²) in [6, 6.07) is 0. The molecule has 0 spiro atoms. The van der Waals surface area contributed by atoms with Crippen LogP contribution in [0.2, 0.25) is 0 Å². The summed E-state index contributed by atoms with van der Waals surface area (Å²) in [6.07, 6.45) is 6.48. The van der Waals surface area contributed by atoms with Crippen LogP contribution in [-0.2, 0) is 18.3 Å². The zero-order valence-electron chi connectivity index (χ0n) is 17.1. The molecule has 2 aliphatic rings. The molecule has 0 atom stereocenters. The van der Waals surface area contributed by atoms with E-state index in [1.165, 1.54) is 32.1 Å². The van der Waals surface area contributed by atoms with Gasteiger partial charge in [-0.05, 0) is 26.7 Å². The number of rotatable bonds is 6. The minimum absolute atomic E-state index is 0.222. The molecule has 8 nitrogen and oxygen atoms in total. The van der Waals surface area contributed by atoms with Crippen LogP contribution in [0.5, 0.6) is 0 Å². The molecule has 1 saturated carbocycles. The van der Waals surface area contributed by atoms with E-state index in [0.29, 0.717) is 6.54 Å². The number of aliphatic imine (C=N–C) groups is 1. The lowest BCUT2D eigenvalue weighted by Crippen LogP contribution is -2.60. The molecule has 0 bridgehead atoms. The van der Waals surface area contributed by atoms with Crippen molar-refractivity contribution in [3.63, 3.8) is 0 Å². The lowest BCUT2D eigenvalue weighted by atomic mass is 9.80. The van der Waals surface area contributed by atoms with Gasteiger partial charge in [0.25, 0.3) is 0 Å². The van der Waals surface area contributed by atoms with E-state index in [1.807, 2.05) is 18.5 Å². The van der Waals surface area contributed by atoms with Gasteiger partial charge < -0.3 is 19.9 Å². The number of ether oxygens (including phenoxy) is 1. The third-order valence-electron chi connectivity index (χ3n) is 5.96. The quantitative estimate of drug-likeness (QED) is 0.573. The summed E-state index contributed by atoms with van der Waals surface area (Å²) in [4.78, 5) is 7.40. The number of nitrogens with zero attached hydrogens (tertiary/aromatic N) is 5. The third-order valence-corrected chi connectivity index (χ3v) is 5.96. The van der Waals surface area contributed by atoms with Crippen molar-refractivity contribution in [3.05, 3.63) is 11.6 Å². The maximum absolute atomic E-state index is 5.59. The maximum atomic E-state index is 5.59. The number of aromatic nitrogens is 3. The molecule has 1 aromatic heterocycles. The van der Waals surface area contributed by atoms with E-state index < -0.39 is 0 Å². The Balaban J connectivity index is 1.66. The Kier molecular flexibility index (Phi) is 7.07. The van der Waals surface area contributed by atoms with E-state index in [9.17, 15) is 0 Å². The largest absolute Gasteiger partial charge is 0.379 e. The van der Waals surface area contributed by atoms with E-state index >= 15 is 0 Å². The Morgan fingerprint density at radius 3 is 2.52 bits per heavy atom. The third kappa shape index (κ3) is 4.99. The van der Waals surface area contributed by atoms with E-state index in [1.54, 1.807) is 0 Å². The Morgan fingerprint density at radius 2 is 1.89 bits per heavy atom. The first-order valence-electron chi connectivity index (χ1n) is 10.3. The standard InChI is InChI=1S/C19H35N7O/c1-4-20-18(21-14-17-24-23-16(2)25(17)3)22-15-19(8-6-5-7-9-19)26-10-12-27-13-11-26/h4-15H2,1-3H3,(H2,20,21,22). The molecular formula is C19H35N7O. The molecule has 1 aromatic rings. The van der Waals surface area contributed by atoms with Gasteiger partial charge in [-0.1, -0.05) is 19.3 Å². The first-order valence-corrected chi connectivity index (χ1v) is 10.3. The Bertz CT molecular complexity index is 616. The van der Waals surface area contributed by atoms with Crippen molar-refractivity contribution in [3.8, 4) is 0 Å². The fourth-order valence-corrected chi connectivity index (χ4v) is 4.18. The number of morpholine rings is 1. The molecule has 2 N–H and O–H groups in total. The van der Waals surface area contributed by atoms with Crippen LogP contribution in [0.4, 0.5) is 0 Å². The van der Waals surface area contributed by atoms with Crippen molar-refractivity contribution >= 4 is 5.96 Å². The zero-order chi connectivity index (χ0) is 19.1. The van der Waals surface area contributed by atoms with Gasteiger partial charge in [0.2, 0.25) is 0 Å². The highest BCUT2D eigenvalue weighted by Crippen LogP contribution is 2.33. The van der Waals surface area contributed by atoms with Crippen molar-refractivity contribution in [2.24, 2.45) is 12.0 Å². The van der Waals surface area contributed by atoms with Gasteiger partial charge in [-0.15, -0.1) is 10.2 Å². The van der Waals surface area contributed by atoms with Gasteiger partial charge >= 0.3 is 0 Å². The highest BCUT2D eigenvalue weighted by molar-refractivity contribution is 5.79. The Morgan fingerprint density at radius 1 is 1.15 bits per heavy atom. The number of aryl methyl sites for hydroxylation is 1. The van der Waals surface area contributed by atoms with Crippen LogP contribution < -0.4 is 10.6 Å². The number of hydrogen-bond acceptors (Lipinski definition) is 5. The number of hydrogen-bond donors (Lipinski definition) is 2. The molecule has 1 saturated heterocycles. The van der Waals surface area contributed by atoms with E-state index in [2.05, 4.69) is 32.7 Å². The molecule has 1 aliphatic heterocycles. The van der Waals surface area contributed by atoms with Crippen molar-refractivity contribution < 1.29 is 4.74 Å². The number of nitrogens with one attached hydrogen (secondary N) is 2. The second-order valence-electron chi connectivity index (χ2n) is 7.66. The summed E-state index contributed by atoms with van der Waals surface area (Å²) in [5, 5.41) is 15.3. The molecule has 3 rings (SSSR count). The Labute approximate surface area is 162 Å². The molecule has 0 unspecified atom stereocenters. The summed E-state index contributed by atoms with van der Waals surface area (Å²) in [5.41, 5.74) is 0.222. The number of guanidine groups is 1. The van der Waals surface area contributed by atoms with Gasteiger partial charge in [0.15, 0.2) is 11.8 Å². The van der Waals surface area contributed by atoms with Crippen LogP contribution in [-0.4, -0.2) is 70.6 Å². The Hall–Kier alpha value is -1.67. The fourth-order valence-electron chi connectivity index (χ4n) is 4.18. The van der Waals surface area contributed by atoms with Gasteiger partial charge in [-0.25, -0.2) is 4.99 Å². The minimum Gasteiger partial charge on any atom is -0.379 e. The highest BCUT2D eigenvalue weighted by atomic mass is 16.5. The molecule has 0 amide bonds. The molecule has 0 aromatic carbocycles. The van der Waals surface area contributed by atoms with Crippen LogP contribution >= 0.6 is 0 Å². The summed E-state index contributed by atoms with van der Waals surface area (Å²) < 4.78 is 7.58. The van der Waals surface area contributed by atoms with Gasteiger partial charge in [-0.3, -0.25) is 4.90 Å². The molecule has 2 heterocycles. The highest BCUT2D eigenvalue weighted by Gasteiger charge is 2.38. The van der Waals surface area contributed by atoms with Crippen molar-refractivity contribution in [1.29, 1.82) is 0 Å². The van der Waals surface area contributed by atoms with E-state index in [0.717, 1.165) is 57.0 Å². The first kappa shape index (κ1) is 20.1. The van der Waals surface area contributed by atoms with Gasteiger partial charge in [0.05, 0.1) is 13.2 Å². The van der Waals surface area contributed by atoms with Crippen LogP contribution in [0.3, 0.4) is 0 Å². The average Bonchev–Trinajstić information content (AvgIpc) is 3.03. The molecule has 0 radical (unpaired) electrons. The lowest BCUT2D eigenvalue weighted by molar-refractivity contribution is -0.0352. The van der Waals surface area contributed by atoms with Crippen molar-refractivity contribution in [2.75, 3.05) is 39.4 Å². The smallest absolute Gasteiger partial charge is 0.191 e. The van der Waals surface area contributed by atoms with Crippen molar-refractivity contribution in [2.45, 2.75) is 58.0 Å². The summed E-state index contributed by atoms with van der Waals surface area (Å²) in [5.74, 6) is 2.65. The van der Waals surface area contributed by atoms with E-state index in [4.69, 9.17) is 9.73 Å². The fraction of sp³-hybridized carbons (Fsp3) is 0.842. The second-order valence-corrected chi connectivity index (χ2v) is 7.66. The van der Waals surface area contributed by atoms with Crippen LogP contribution in [0, 0.1) is 6.92 Å². The molecule has 2 fully saturated rings. The molecular weight excluding hydrogens is 342 g/mol. The zero-order valence-corrected chi connectivity index (χ0v) is 17.1. The molecule has 152 valence electrons. The van der Waals surface area contributed by atoms with Crippen molar-refractivity contribution in [1.82, 2.24) is 30.3 Å². The van der Waals surface area contributed by atoms with Gasteiger partial charge in [0, 0.05) is 38.8 Å². The average molecular weight is 378 g/mol. The molecule has 8 heteroatoms. The van der Waals surface area contributed by atoms with E-state index in [-0.39, 0.29) is 5.54 Å². The SMILES string of the molecule is CCNC(=NCc1nnc(C)n1C)NCC1(N2CCOCC2)CCCCC1. The summed E-state index contributed by atoms with van der Waals surface area (Å²) in [6.45, 7) is 10.1. The van der Waals surface area contributed by atoms with Gasteiger partial charge in [-0.2, -0.15) is 0 Å². The minimum atomic E-state index is 0.222. The summed E-state index contributed by atoms with van der Waals surface area (Å²) in [7, 11) is 1.98. The predicted octanol–water partition coefficient (Wildman–Crippen LogP) is 1.21.